The molecular weight excluding hydrogens is 426 g/mol. The van der Waals surface area contributed by atoms with Gasteiger partial charge in [0.15, 0.2) is 0 Å². The van der Waals surface area contributed by atoms with Gasteiger partial charge in [0.1, 0.15) is 35.1 Å². The number of amides is 1. The number of rotatable bonds is 7. The second-order valence-electron chi connectivity index (χ2n) is 7.18. The molecule has 10 nitrogen and oxygen atoms in total. The van der Waals surface area contributed by atoms with Gasteiger partial charge in [-0.2, -0.15) is 10.2 Å². The molecule has 0 unspecified atom stereocenters. The zero-order chi connectivity index (χ0) is 23.5. The van der Waals surface area contributed by atoms with Crippen LogP contribution in [0.5, 0.6) is 17.2 Å². The van der Waals surface area contributed by atoms with Crippen molar-refractivity contribution in [3.63, 3.8) is 0 Å². The van der Waals surface area contributed by atoms with E-state index in [0.29, 0.717) is 34.2 Å². The van der Waals surface area contributed by atoms with Crippen molar-refractivity contribution in [1.82, 2.24) is 19.4 Å². The van der Waals surface area contributed by atoms with Gasteiger partial charge >= 0.3 is 0 Å². The van der Waals surface area contributed by atoms with Gasteiger partial charge in [0.2, 0.25) is 5.91 Å². The smallest absolute Gasteiger partial charge is 0.293 e. The molecule has 0 bridgehead atoms. The average molecular weight is 449 g/mol. The number of fused-ring (bicyclic) bond motifs is 1. The van der Waals surface area contributed by atoms with Gasteiger partial charge in [-0.15, -0.1) is 0 Å². The van der Waals surface area contributed by atoms with Crippen LogP contribution in [0.3, 0.4) is 0 Å². The number of benzene rings is 2. The number of hydrogen-bond donors (Lipinski definition) is 1. The number of hydrogen-bond acceptors (Lipinski definition) is 7. The third kappa shape index (κ3) is 4.36. The van der Waals surface area contributed by atoms with Crippen molar-refractivity contribution in [2.24, 2.45) is 0 Å². The van der Waals surface area contributed by atoms with Gasteiger partial charge in [-0.25, -0.2) is 9.20 Å². The highest BCUT2D eigenvalue weighted by atomic mass is 16.5. The molecule has 4 aromatic rings. The van der Waals surface area contributed by atoms with Gasteiger partial charge in [0.05, 0.1) is 32.7 Å². The fraction of sp³-hybridized carbons (Fsp3) is 0.217. The van der Waals surface area contributed by atoms with Crippen LogP contribution in [-0.4, -0.2) is 46.6 Å². The van der Waals surface area contributed by atoms with Crippen LogP contribution in [0, 0.1) is 6.92 Å². The maximum atomic E-state index is 13.0. The average Bonchev–Trinajstić information content (AvgIpc) is 3.29. The Morgan fingerprint density at radius 1 is 0.939 bits per heavy atom. The van der Waals surface area contributed by atoms with Gasteiger partial charge in [-0.05, 0) is 49.4 Å². The summed E-state index contributed by atoms with van der Waals surface area (Å²) in [7, 11) is 4.63. The Balaban J connectivity index is 1.61. The highest BCUT2D eigenvalue weighted by Gasteiger charge is 2.16. The first-order valence-electron chi connectivity index (χ1n) is 10.1. The molecule has 0 fully saturated rings. The zero-order valence-electron chi connectivity index (χ0n) is 18.7. The van der Waals surface area contributed by atoms with Gasteiger partial charge in [-0.3, -0.25) is 9.59 Å². The first kappa shape index (κ1) is 21.9. The minimum atomic E-state index is -0.426. The van der Waals surface area contributed by atoms with Gasteiger partial charge in [0, 0.05) is 11.6 Å². The van der Waals surface area contributed by atoms with Crippen molar-refractivity contribution in [2.45, 2.75) is 13.5 Å². The number of methoxy groups -OCH3 is 3. The van der Waals surface area contributed by atoms with E-state index in [1.165, 1.54) is 11.6 Å². The van der Waals surface area contributed by atoms with Crippen molar-refractivity contribution in [2.75, 3.05) is 26.6 Å². The molecule has 10 heteroatoms. The lowest BCUT2D eigenvalue weighted by molar-refractivity contribution is -0.117. The fourth-order valence-electron chi connectivity index (χ4n) is 3.41. The van der Waals surface area contributed by atoms with Crippen molar-refractivity contribution in [3.8, 4) is 28.5 Å². The molecule has 0 radical (unpaired) electrons. The molecule has 0 aliphatic carbocycles. The predicted molar refractivity (Wildman–Crippen MR) is 122 cm³/mol. The van der Waals surface area contributed by atoms with Crippen LogP contribution in [0.15, 0.2) is 53.3 Å². The van der Waals surface area contributed by atoms with Crippen LogP contribution in [0.25, 0.3) is 16.8 Å². The van der Waals surface area contributed by atoms with E-state index in [4.69, 9.17) is 14.2 Å². The molecule has 33 heavy (non-hydrogen) atoms. The minimum Gasteiger partial charge on any atom is -0.497 e. The van der Waals surface area contributed by atoms with Gasteiger partial charge in [-0.1, -0.05) is 0 Å². The molecule has 1 N–H and O–H groups in total. The Morgan fingerprint density at radius 3 is 2.30 bits per heavy atom. The summed E-state index contributed by atoms with van der Waals surface area (Å²) < 4.78 is 18.2. The quantitative estimate of drug-likeness (QED) is 0.462. The lowest BCUT2D eigenvalue weighted by Gasteiger charge is -2.12. The third-order valence-electron chi connectivity index (χ3n) is 5.10. The Kier molecular flexibility index (Phi) is 5.99. The number of ether oxygens (including phenoxy) is 3. The Morgan fingerprint density at radius 2 is 1.64 bits per heavy atom. The summed E-state index contributed by atoms with van der Waals surface area (Å²) in [5.41, 5.74) is 1.80. The zero-order valence-corrected chi connectivity index (χ0v) is 18.7. The van der Waals surface area contributed by atoms with Crippen LogP contribution in [-0.2, 0) is 11.3 Å². The van der Waals surface area contributed by atoms with Crippen LogP contribution < -0.4 is 25.1 Å². The standard InChI is InChI=1S/C23H23N5O5/c1-14-25-27(13-22(29)24-18-10-9-17(32-3)11-21(18)33-4)23(30)20-12-19(26-28(14)20)15-5-7-16(31-2)8-6-15/h5-12H,13H2,1-4H3,(H,24,29). The highest BCUT2D eigenvalue weighted by Crippen LogP contribution is 2.29. The van der Waals surface area contributed by atoms with E-state index in [9.17, 15) is 9.59 Å². The van der Waals surface area contributed by atoms with Crippen molar-refractivity contribution >= 4 is 17.1 Å². The topological polar surface area (TPSA) is 109 Å². The lowest BCUT2D eigenvalue weighted by atomic mass is 10.1. The Hall–Kier alpha value is -4.34. The van der Waals surface area contributed by atoms with E-state index < -0.39 is 11.5 Å². The maximum absolute atomic E-state index is 13.0. The number of carbonyl (C=O) groups is 1. The van der Waals surface area contributed by atoms with Crippen molar-refractivity contribution < 1.29 is 19.0 Å². The molecule has 2 aromatic carbocycles. The number of nitrogens with zero attached hydrogens (tertiary/aromatic N) is 4. The Labute approximate surface area is 189 Å². The Bertz CT molecular complexity index is 1370. The van der Waals surface area contributed by atoms with Crippen LogP contribution in [0.2, 0.25) is 0 Å². The molecule has 170 valence electrons. The number of nitrogens with one attached hydrogen (secondary N) is 1. The van der Waals surface area contributed by atoms with E-state index in [2.05, 4.69) is 15.5 Å². The van der Waals surface area contributed by atoms with Crippen LogP contribution in [0.1, 0.15) is 5.82 Å². The molecule has 0 atom stereocenters. The minimum absolute atomic E-state index is 0.269. The van der Waals surface area contributed by atoms with Gasteiger partial charge in [0.25, 0.3) is 5.56 Å². The monoisotopic (exact) mass is 449 g/mol. The summed E-state index contributed by atoms with van der Waals surface area (Å²) in [5, 5.41) is 11.5. The molecule has 0 saturated heterocycles. The highest BCUT2D eigenvalue weighted by molar-refractivity contribution is 5.92. The second-order valence-corrected chi connectivity index (χ2v) is 7.18. The summed E-state index contributed by atoms with van der Waals surface area (Å²) in [6, 6.07) is 14.1. The maximum Gasteiger partial charge on any atom is 0.293 e. The fourth-order valence-corrected chi connectivity index (χ4v) is 3.41. The van der Waals surface area contributed by atoms with E-state index >= 15 is 0 Å². The van der Waals surface area contributed by atoms with E-state index in [-0.39, 0.29) is 6.54 Å². The predicted octanol–water partition coefficient (Wildman–Crippen LogP) is 2.53. The first-order chi connectivity index (χ1) is 15.9. The number of aryl methyl sites for hydroxylation is 1. The molecule has 2 heterocycles. The molecule has 4 rings (SSSR count). The van der Waals surface area contributed by atoms with E-state index in [1.807, 2.05) is 24.3 Å². The molecule has 2 aromatic heterocycles. The molecule has 0 spiro atoms. The summed E-state index contributed by atoms with van der Waals surface area (Å²) in [4.78, 5) is 25.7. The number of carbonyl (C=O) groups excluding carboxylic acids is 1. The molecular formula is C23H23N5O5. The SMILES string of the molecule is COc1ccc(-c2cc3c(=O)n(CC(=O)Nc4ccc(OC)cc4OC)nc(C)n3n2)cc1. The normalized spacial score (nSPS) is 10.8. The molecule has 0 aliphatic rings. The van der Waals surface area contributed by atoms with Crippen LogP contribution in [0.4, 0.5) is 5.69 Å². The summed E-state index contributed by atoms with van der Waals surface area (Å²) in [5.74, 6) is 1.81. The van der Waals surface area contributed by atoms with E-state index in [0.717, 1.165) is 16.0 Å². The summed E-state index contributed by atoms with van der Waals surface area (Å²) in [6.07, 6.45) is 0. The summed E-state index contributed by atoms with van der Waals surface area (Å²) >= 11 is 0. The number of anilines is 1. The molecule has 1 amide bonds. The summed E-state index contributed by atoms with van der Waals surface area (Å²) in [6.45, 7) is 1.45. The van der Waals surface area contributed by atoms with Crippen LogP contribution >= 0.6 is 0 Å². The van der Waals surface area contributed by atoms with Crippen molar-refractivity contribution in [1.29, 1.82) is 0 Å². The first-order valence-corrected chi connectivity index (χ1v) is 10.1. The third-order valence-corrected chi connectivity index (χ3v) is 5.10. The van der Waals surface area contributed by atoms with Gasteiger partial charge < -0.3 is 19.5 Å². The lowest BCUT2D eigenvalue weighted by Crippen LogP contribution is -2.31. The second kappa shape index (κ2) is 9.03. The van der Waals surface area contributed by atoms with Crippen molar-refractivity contribution in [3.05, 3.63) is 64.7 Å². The van der Waals surface area contributed by atoms with E-state index in [1.54, 1.807) is 45.4 Å². The molecule has 0 saturated carbocycles. The number of aromatic nitrogens is 4. The molecule has 0 aliphatic heterocycles. The largest absolute Gasteiger partial charge is 0.497 e.